The SMILES string of the molecule is CC(C)(C)c1ccc(COc2cc(-c3ccc(C(=O)NC(C(=O)O)N4CCOCC4)cc3)cnc2N)cc1. The number of nitrogens with zero attached hydrogens (tertiary/aromatic N) is 2. The van der Waals surface area contributed by atoms with Gasteiger partial charge in [-0.2, -0.15) is 0 Å². The van der Waals surface area contributed by atoms with E-state index < -0.39 is 18.0 Å². The molecule has 1 atom stereocenters. The van der Waals surface area contributed by atoms with Crippen molar-refractivity contribution in [3.63, 3.8) is 0 Å². The summed E-state index contributed by atoms with van der Waals surface area (Å²) < 4.78 is 11.2. The topological polar surface area (TPSA) is 127 Å². The lowest BCUT2D eigenvalue weighted by atomic mass is 9.87. The molecule has 4 N–H and O–H groups in total. The molecule has 1 saturated heterocycles. The van der Waals surface area contributed by atoms with E-state index in [2.05, 4.69) is 43.2 Å². The number of pyridine rings is 1. The zero-order valence-corrected chi connectivity index (χ0v) is 21.9. The highest BCUT2D eigenvalue weighted by Gasteiger charge is 2.29. The first-order valence-corrected chi connectivity index (χ1v) is 12.6. The third-order valence-corrected chi connectivity index (χ3v) is 6.49. The molecule has 1 unspecified atom stereocenters. The summed E-state index contributed by atoms with van der Waals surface area (Å²) in [4.78, 5) is 30.5. The molecule has 0 spiro atoms. The largest absolute Gasteiger partial charge is 0.485 e. The number of nitrogens with two attached hydrogens (primary N) is 1. The molecule has 38 heavy (non-hydrogen) atoms. The molecule has 1 aromatic heterocycles. The minimum Gasteiger partial charge on any atom is -0.485 e. The molecular weight excluding hydrogens is 484 g/mol. The standard InChI is InChI=1S/C29H34N4O5/c1-29(2,3)23-10-4-19(5-11-23)18-38-24-16-22(17-31-25(24)30)20-6-8-21(9-7-20)27(34)32-26(28(35)36)33-12-14-37-15-13-33/h4-11,16-17,26H,12-15,18H2,1-3H3,(H2,30,31)(H,32,34)(H,35,36). The number of carbonyl (C=O) groups is 2. The van der Waals surface area contributed by atoms with Crippen molar-refractivity contribution in [1.29, 1.82) is 0 Å². The van der Waals surface area contributed by atoms with Gasteiger partial charge in [-0.05, 0) is 40.3 Å². The number of nitrogen functional groups attached to an aromatic ring is 1. The Bertz CT molecular complexity index is 1260. The van der Waals surface area contributed by atoms with Crippen molar-refractivity contribution in [3.8, 4) is 16.9 Å². The molecule has 0 bridgehead atoms. The fourth-order valence-corrected chi connectivity index (χ4v) is 4.16. The summed E-state index contributed by atoms with van der Waals surface area (Å²) in [6, 6.07) is 17.0. The lowest BCUT2D eigenvalue weighted by molar-refractivity contribution is -0.146. The van der Waals surface area contributed by atoms with Crippen LogP contribution in [-0.2, 0) is 21.6 Å². The van der Waals surface area contributed by atoms with Gasteiger partial charge in [-0.3, -0.25) is 9.69 Å². The number of nitrogens with one attached hydrogen (secondary N) is 1. The summed E-state index contributed by atoms with van der Waals surface area (Å²) in [6.07, 6.45) is 0.533. The van der Waals surface area contributed by atoms with Crippen LogP contribution in [-0.4, -0.2) is 59.3 Å². The Morgan fingerprint density at radius 2 is 1.74 bits per heavy atom. The van der Waals surface area contributed by atoms with Crippen LogP contribution in [0.2, 0.25) is 0 Å². The van der Waals surface area contributed by atoms with Gasteiger partial charge >= 0.3 is 5.97 Å². The van der Waals surface area contributed by atoms with Crippen molar-refractivity contribution in [1.82, 2.24) is 15.2 Å². The molecule has 1 amide bonds. The van der Waals surface area contributed by atoms with Gasteiger partial charge in [0.05, 0.1) is 13.2 Å². The summed E-state index contributed by atoms with van der Waals surface area (Å²) >= 11 is 0. The number of morpholine rings is 1. The number of anilines is 1. The van der Waals surface area contributed by atoms with Crippen LogP contribution in [0.4, 0.5) is 5.82 Å². The molecule has 1 fully saturated rings. The summed E-state index contributed by atoms with van der Waals surface area (Å²) in [5.41, 5.74) is 10.4. The van der Waals surface area contributed by atoms with Crippen LogP contribution >= 0.6 is 0 Å². The van der Waals surface area contributed by atoms with Gasteiger partial charge in [-0.25, -0.2) is 9.78 Å². The number of carboxylic acids is 1. The molecule has 0 saturated carbocycles. The van der Waals surface area contributed by atoms with Gasteiger partial charge in [-0.1, -0.05) is 57.2 Å². The average molecular weight is 519 g/mol. The van der Waals surface area contributed by atoms with Crippen LogP contribution in [0, 0.1) is 0 Å². The van der Waals surface area contributed by atoms with Crippen LogP contribution in [0.3, 0.4) is 0 Å². The fraction of sp³-hybridized carbons (Fsp3) is 0.345. The minimum atomic E-state index is -1.11. The molecule has 0 aliphatic carbocycles. The Labute approximate surface area is 222 Å². The Morgan fingerprint density at radius 1 is 1.08 bits per heavy atom. The van der Waals surface area contributed by atoms with E-state index in [1.54, 1.807) is 35.4 Å². The van der Waals surface area contributed by atoms with E-state index >= 15 is 0 Å². The highest BCUT2D eigenvalue weighted by molar-refractivity contribution is 5.96. The predicted octanol–water partition coefficient (Wildman–Crippen LogP) is 3.68. The zero-order valence-electron chi connectivity index (χ0n) is 21.9. The summed E-state index contributed by atoms with van der Waals surface area (Å²) in [5.74, 6) is -0.812. The van der Waals surface area contributed by atoms with E-state index in [9.17, 15) is 14.7 Å². The first-order valence-electron chi connectivity index (χ1n) is 12.6. The Morgan fingerprint density at radius 3 is 2.34 bits per heavy atom. The maximum absolute atomic E-state index is 12.8. The third kappa shape index (κ3) is 6.67. The Kier molecular flexibility index (Phi) is 8.29. The van der Waals surface area contributed by atoms with Gasteiger partial charge in [0.25, 0.3) is 5.91 Å². The van der Waals surface area contributed by atoms with E-state index in [0.29, 0.717) is 50.0 Å². The molecule has 2 aromatic carbocycles. The fourth-order valence-electron chi connectivity index (χ4n) is 4.16. The monoisotopic (exact) mass is 518 g/mol. The Hall–Kier alpha value is -3.95. The number of hydrogen-bond donors (Lipinski definition) is 3. The molecule has 3 aromatic rings. The number of aromatic nitrogens is 1. The van der Waals surface area contributed by atoms with Crippen LogP contribution in [0.25, 0.3) is 11.1 Å². The van der Waals surface area contributed by atoms with E-state index in [1.807, 2.05) is 18.2 Å². The smallest absolute Gasteiger partial charge is 0.341 e. The summed E-state index contributed by atoms with van der Waals surface area (Å²) in [7, 11) is 0. The number of benzene rings is 2. The van der Waals surface area contributed by atoms with Crippen molar-refractivity contribution in [3.05, 3.63) is 77.5 Å². The number of aliphatic carboxylic acids is 1. The number of hydrogen-bond acceptors (Lipinski definition) is 7. The molecule has 200 valence electrons. The molecule has 2 heterocycles. The number of carboxylic acid groups (broad SMARTS) is 1. The predicted molar refractivity (Wildman–Crippen MR) is 145 cm³/mol. The average Bonchev–Trinajstić information content (AvgIpc) is 2.91. The summed E-state index contributed by atoms with van der Waals surface area (Å²) in [5, 5.41) is 12.2. The minimum absolute atomic E-state index is 0.0823. The van der Waals surface area contributed by atoms with Gasteiger partial charge in [0, 0.05) is 30.4 Å². The first kappa shape index (κ1) is 27.1. The maximum atomic E-state index is 12.8. The van der Waals surface area contributed by atoms with Crippen molar-refractivity contribution in [2.24, 2.45) is 0 Å². The maximum Gasteiger partial charge on any atom is 0.341 e. The molecule has 4 rings (SSSR count). The second-order valence-electron chi connectivity index (χ2n) is 10.3. The van der Waals surface area contributed by atoms with E-state index in [1.165, 1.54) is 5.56 Å². The Balaban J connectivity index is 1.42. The van der Waals surface area contributed by atoms with E-state index in [4.69, 9.17) is 15.2 Å². The highest BCUT2D eigenvalue weighted by atomic mass is 16.5. The van der Waals surface area contributed by atoms with Gasteiger partial charge in [-0.15, -0.1) is 0 Å². The molecule has 9 heteroatoms. The van der Waals surface area contributed by atoms with Gasteiger partial charge in [0.2, 0.25) is 0 Å². The number of carbonyl (C=O) groups excluding carboxylic acids is 1. The quantitative estimate of drug-likeness (QED) is 0.412. The first-order chi connectivity index (χ1) is 18.1. The van der Waals surface area contributed by atoms with E-state index in [-0.39, 0.29) is 5.41 Å². The van der Waals surface area contributed by atoms with Crippen molar-refractivity contribution >= 4 is 17.7 Å². The van der Waals surface area contributed by atoms with Crippen molar-refractivity contribution in [2.75, 3.05) is 32.0 Å². The normalized spacial score (nSPS) is 15.0. The second kappa shape index (κ2) is 11.6. The van der Waals surface area contributed by atoms with E-state index in [0.717, 1.165) is 16.7 Å². The number of rotatable bonds is 8. The second-order valence-corrected chi connectivity index (χ2v) is 10.3. The summed E-state index contributed by atoms with van der Waals surface area (Å²) in [6.45, 7) is 8.61. The lowest BCUT2D eigenvalue weighted by Gasteiger charge is -2.32. The number of amides is 1. The molecule has 1 aliphatic rings. The molecule has 0 radical (unpaired) electrons. The van der Waals surface area contributed by atoms with Gasteiger partial charge < -0.3 is 25.6 Å². The number of ether oxygens (including phenoxy) is 2. The van der Waals surface area contributed by atoms with Gasteiger partial charge in [0.15, 0.2) is 17.7 Å². The third-order valence-electron chi connectivity index (χ3n) is 6.49. The van der Waals surface area contributed by atoms with Crippen LogP contribution in [0.15, 0.2) is 60.8 Å². The van der Waals surface area contributed by atoms with Crippen LogP contribution in [0.1, 0.15) is 42.3 Å². The van der Waals surface area contributed by atoms with Crippen molar-refractivity contribution in [2.45, 2.75) is 39.0 Å². The van der Waals surface area contributed by atoms with Crippen molar-refractivity contribution < 1.29 is 24.2 Å². The van der Waals surface area contributed by atoms with Crippen LogP contribution in [0.5, 0.6) is 5.75 Å². The lowest BCUT2D eigenvalue weighted by Crippen LogP contribution is -2.56. The molecular formula is C29H34N4O5. The van der Waals surface area contributed by atoms with Gasteiger partial charge in [0.1, 0.15) is 6.61 Å². The zero-order chi connectivity index (χ0) is 27.3. The highest BCUT2D eigenvalue weighted by Crippen LogP contribution is 2.28. The van der Waals surface area contributed by atoms with Crippen LogP contribution < -0.4 is 15.8 Å². The molecule has 1 aliphatic heterocycles. The molecule has 9 nitrogen and oxygen atoms in total.